The number of nitrogens with zero attached hydrogens (tertiary/aromatic N) is 1. The van der Waals surface area contributed by atoms with Crippen molar-refractivity contribution in [1.82, 2.24) is 10.3 Å². The molecule has 0 bridgehead atoms. The van der Waals surface area contributed by atoms with E-state index in [9.17, 15) is 4.79 Å². The zero-order valence-corrected chi connectivity index (χ0v) is 13.5. The lowest BCUT2D eigenvalue weighted by atomic mass is 10.1. The van der Waals surface area contributed by atoms with Crippen molar-refractivity contribution in [3.05, 3.63) is 47.7 Å². The number of nitrogens with one attached hydrogen (secondary N) is 1. The molecule has 1 atom stereocenters. The number of rotatable bonds is 8. The van der Waals surface area contributed by atoms with E-state index < -0.39 is 0 Å². The molecule has 2 rings (SSSR count). The van der Waals surface area contributed by atoms with Gasteiger partial charge in [-0.1, -0.05) is 25.5 Å². The highest BCUT2D eigenvalue weighted by molar-refractivity contribution is 5.91. The van der Waals surface area contributed by atoms with E-state index in [4.69, 9.17) is 14.9 Å². The molecule has 6 heteroatoms. The van der Waals surface area contributed by atoms with E-state index in [1.54, 1.807) is 7.11 Å². The Kier molecular flexibility index (Phi) is 6.17. The van der Waals surface area contributed by atoms with Crippen LogP contribution in [0.3, 0.4) is 0 Å². The van der Waals surface area contributed by atoms with Crippen molar-refractivity contribution in [2.45, 2.75) is 32.2 Å². The van der Waals surface area contributed by atoms with Gasteiger partial charge in [0.2, 0.25) is 5.89 Å². The predicted molar refractivity (Wildman–Crippen MR) is 87.4 cm³/mol. The van der Waals surface area contributed by atoms with Gasteiger partial charge >= 0.3 is 0 Å². The van der Waals surface area contributed by atoms with Crippen LogP contribution in [-0.4, -0.2) is 24.5 Å². The molecule has 2 aromatic rings. The summed E-state index contributed by atoms with van der Waals surface area (Å²) in [5.74, 6) is 0.973. The van der Waals surface area contributed by atoms with Crippen molar-refractivity contribution >= 4 is 5.91 Å². The Morgan fingerprint density at radius 2 is 2.13 bits per heavy atom. The topological polar surface area (TPSA) is 90.4 Å². The van der Waals surface area contributed by atoms with Crippen LogP contribution < -0.4 is 15.8 Å². The van der Waals surface area contributed by atoms with Crippen LogP contribution in [0.4, 0.5) is 0 Å². The van der Waals surface area contributed by atoms with E-state index in [0.29, 0.717) is 12.4 Å². The summed E-state index contributed by atoms with van der Waals surface area (Å²) in [4.78, 5) is 16.2. The van der Waals surface area contributed by atoms with Crippen LogP contribution in [-0.2, 0) is 6.42 Å². The second-order valence-corrected chi connectivity index (χ2v) is 5.32. The largest absolute Gasteiger partial charge is 0.497 e. The van der Waals surface area contributed by atoms with E-state index in [1.807, 2.05) is 31.2 Å². The molecule has 0 aliphatic heterocycles. The molecular formula is C17H23N3O3. The minimum Gasteiger partial charge on any atom is -0.497 e. The average Bonchev–Trinajstić information content (AvgIpc) is 3.06. The summed E-state index contributed by atoms with van der Waals surface area (Å²) >= 11 is 0. The Labute approximate surface area is 136 Å². The van der Waals surface area contributed by atoms with Gasteiger partial charge in [0.25, 0.3) is 5.91 Å². The first-order chi connectivity index (χ1) is 11.1. The minimum absolute atomic E-state index is 0.253. The van der Waals surface area contributed by atoms with Gasteiger partial charge in [-0.15, -0.1) is 0 Å². The molecule has 3 N–H and O–H groups in total. The average molecular weight is 317 g/mol. The number of carbonyl (C=O) groups excluding carboxylic acids is 1. The van der Waals surface area contributed by atoms with Crippen LogP contribution >= 0.6 is 0 Å². The maximum absolute atomic E-state index is 12.0. The van der Waals surface area contributed by atoms with Crippen LogP contribution in [0.25, 0.3) is 0 Å². The number of benzene rings is 1. The summed E-state index contributed by atoms with van der Waals surface area (Å²) < 4.78 is 10.4. The Bertz CT molecular complexity index is 622. The lowest BCUT2D eigenvalue weighted by molar-refractivity contribution is 0.0949. The second-order valence-electron chi connectivity index (χ2n) is 5.32. The first kappa shape index (κ1) is 17.0. The number of oxazole rings is 1. The highest BCUT2D eigenvalue weighted by Gasteiger charge is 2.16. The predicted octanol–water partition coefficient (Wildman–Crippen LogP) is 2.46. The Morgan fingerprint density at radius 3 is 2.78 bits per heavy atom. The van der Waals surface area contributed by atoms with Crippen LogP contribution in [0.2, 0.25) is 0 Å². The van der Waals surface area contributed by atoms with E-state index in [2.05, 4.69) is 10.3 Å². The summed E-state index contributed by atoms with van der Waals surface area (Å²) in [6.45, 7) is 2.56. The molecule has 0 saturated carbocycles. The molecule has 0 aliphatic rings. The summed E-state index contributed by atoms with van der Waals surface area (Å²) in [5.41, 5.74) is 7.31. The van der Waals surface area contributed by atoms with Crippen molar-refractivity contribution < 1.29 is 13.9 Å². The van der Waals surface area contributed by atoms with E-state index >= 15 is 0 Å². The summed E-state index contributed by atoms with van der Waals surface area (Å²) in [5, 5.41) is 2.83. The fourth-order valence-corrected chi connectivity index (χ4v) is 2.20. The molecule has 1 unspecified atom stereocenters. The number of hydrogen-bond donors (Lipinski definition) is 2. The van der Waals surface area contributed by atoms with Crippen molar-refractivity contribution in [3.63, 3.8) is 0 Å². The molecule has 1 aromatic heterocycles. The monoisotopic (exact) mass is 317 g/mol. The Hall–Kier alpha value is -2.34. The molecule has 0 fully saturated rings. The number of carbonyl (C=O) groups is 1. The van der Waals surface area contributed by atoms with Crippen LogP contribution in [0, 0.1) is 0 Å². The molecule has 0 spiro atoms. The van der Waals surface area contributed by atoms with E-state index in [1.165, 1.54) is 6.26 Å². The van der Waals surface area contributed by atoms with Crippen LogP contribution in [0.1, 0.15) is 47.7 Å². The smallest absolute Gasteiger partial charge is 0.273 e. The quantitative estimate of drug-likeness (QED) is 0.780. The molecule has 1 aromatic carbocycles. The van der Waals surface area contributed by atoms with Gasteiger partial charge in [0.15, 0.2) is 5.69 Å². The van der Waals surface area contributed by atoms with Gasteiger partial charge in [-0.2, -0.15) is 0 Å². The summed E-state index contributed by atoms with van der Waals surface area (Å²) in [6.07, 6.45) is 3.80. The summed E-state index contributed by atoms with van der Waals surface area (Å²) in [7, 11) is 1.63. The number of methoxy groups -OCH3 is 1. The molecule has 23 heavy (non-hydrogen) atoms. The standard InChI is InChI=1S/C17H23N3O3/c1-3-4-14(18)17-20-15(11-23-17)16(21)19-10-9-12-5-7-13(22-2)8-6-12/h5-8,11,14H,3-4,9-10,18H2,1-2H3,(H,19,21). The lowest BCUT2D eigenvalue weighted by Crippen LogP contribution is -2.26. The van der Waals surface area contributed by atoms with Gasteiger partial charge in [-0.25, -0.2) is 4.98 Å². The fraction of sp³-hybridized carbons (Fsp3) is 0.412. The molecule has 1 heterocycles. The number of ether oxygens (including phenoxy) is 1. The second kappa shape index (κ2) is 8.33. The van der Waals surface area contributed by atoms with Gasteiger partial charge in [-0.05, 0) is 30.5 Å². The van der Waals surface area contributed by atoms with Gasteiger partial charge in [0.05, 0.1) is 13.2 Å². The normalized spacial score (nSPS) is 12.0. The molecule has 0 radical (unpaired) electrons. The number of nitrogens with two attached hydrogens (primary N) is 1. The lowest BCUT2D eigenvalue weighted by Gasteiger charge is -2.05. The van der Waals surface area contributed by atoms with Crippen LogP contribution in [0.5, 0.6) is 5.75 Å². The van der Waals surface area contributed by atoms with Crippen molar-refractivity contribution in [1.29, 1.82) is 0 Å². The maximum atomic E-state index is 12.0. The first-order valence-electron chi connectivity index (χ1n) is 7.76. The van der Waals surface area contributed by atoms with E-state index in [-0.39, 0.29) is 17.6 Å². The SMILES string of the molecule is CCCC(N)c1nc(C(=O)NCCc2ccc(OC)cc2)co1. The minimum atomic E-state index is -0.263. The Balaban J connectivity index is 1.82. The van der Waals surface area contributed by atoms with Gasteiger partial charge in [-0.3, -0.25) is 4.79 Å². The number of amides is 1. The Morgan fingerprint density at radius 1 is 1.39 bits per heavy atom. The third-order valence-electron chi connectivity index (χ3n) is 3.53. The third kappa shape index (κ3) is 4.82. The molecule has 6 nitrogen and oxygen atoms in total. The zero-order valence-electron chi connectivity index (χ0n) is 13.5. The van der Waals surface area contributed by atoms with Crippen molar-refractivity contribution in [2.24, 2.45) is 5.73 Å². The van der Waals surface area contributed by atoms with E-state index in [0.717, 1.165) is 30.6 Å². The zero-order chi connectivity index (χ0) is 16.7. The van der Waals surface area contributed by atoms with Gasteiger partial charge in [0.1, 0.15) is 12.0 Å². The molecule has 124 valence electrons. The van der Waals surface area contributed by atoms with Crippen molar-refractivity contribution in [2.75, 3.05) is 13.7 Å². The number of hydrogen-bond acceptors (Lipinski definition) is 5. The molecule has 0 saturated heterocycles. The maximum Gasteiger partial charge on any atom is 0.273 e. The van der Waals surface area contributed by atoms with Crippen LogP contribution in [0.15, 0.2) is 34.9 Å². The summed E-state index contributed by atoms with van der Waals surface area (Å²) in [6, 6.07) is 7.49. The highest BCUT2D eigenvalue weighted by Crippen LogP contribution is 2.15. The van der Waals surface area contributed by atoms with Crippen molar-refractivity contribution in [3.8, 4) is 5.75 Å². The fourth-order valence-electron chi connectivity index (χ4n) is 2.20. The molecule has 1 amide bonds. The first-order valence-corrected chi connectivity index (χ1v) is 7.76. The highest BCUT2D eigenvalue weighted by atomic mass is 16.5. The third-order valence-corrected chi connectivity index (χ3v) is 3.53. The van der Waals surface area contributed by atoms with Gasteiger partial charge < -0.3 is 20.2 Å². The number of aromatic nitrogens is 1. The van der Waals surface area contributed by atoms with Gasteiger partial charge in [0, 0.05) is 6.54 Å². The molecule has 0 aliphatic carbocycles. The molecular weight excluding hydrogens is 294 g/mol.